The molecule has 0 saturated heterocycles. The highest BCUT2D eigenvalue weighted by atomic mass is 14.4. The van der Waals surface area contributed by atoms with Gasteiger partial charge in [-0.1, -0.05) is 191 Å². The topological polar surface area (TPSA) is 0 Å². The van der Waals surface area contributed by atoms with Gasteiger partial charge in [0.05, 0.1) is 0 Å². The van der Waals surface area contributed by atoms with Gasteiger partial charge in [-0.3, -0.25) is 0 Å². The van der Waals surface area contributed by atoms with E-state index in [-0.39, 0.29) is 10.8 Å². The van der Waals surface area contributed by atoms with Crippen LogP contribution in [0.5, 0.6) is 0 Å². The van der Waals surface area contributed by atoms with Crippen molar-refractivity contribution in [2.24, 2.45) is 0 Å². The maximum Gasteiger partial charge on any atom is 0.0159 e. The molecule has 0 nitrogen and oxygen atoms in total. The van der Waals surface area contributed by atoms with Crippen LogP contribution < -0.4 is 0 Å². The van der Waals surface area contributed by atoms with Crippen molar-refractivity contribution in [3.05, 3.63) is 229 Å². The standard InChI is InChI=1S/C62H46/c1-61(2)57-35-49(42-16-14-41(15-17-42)39-10-6-5-7-11-39)24-28-53(57)55-30-26-51(37-59(55)61)52-27-31-56-54-29-25-50(36-58(54)62(3,4)60(56)38-52)48-23-22-46-33-45(20-21-47(46)34-48)44-19-18-40-12-8-9-13-43(40)32-44/h5-38H,1-4H3. The van der Waals surface area contributed by atoms with E-state index in [0.717, 1.165) is 0 Å². The third-order valence-electron chi connectivity index (χ3n) is 14.3. The summed E-state index contributed by atoms with van der Waals surface area (Å²) in [6, 6.07) is 77.3. The zero-order valence-corrected chi connectivity index (χ0v) is 35.6. The minimum Gasteiger partial charge on any atom is -0.0622 e. The molecule has 0 aliphatic heterocycles. The number of fused-ring (bicyclic) bond motifs is 8. The first kappa shape index (κ1) is 36.6. The fourth-order valence-electron chi connectivity index (χ4n) is 10.7. The van der Waals surface area contributed by atoms with Crippen molar-refractivity contribution in [2.45, 2.75) is 38.5 Å². The summed E-state index contributed by atoms with van der Waals surface area (Å²) in [5, 5.41) is 5.06. The largest absolute Gasteiger partial charge is 0.0622 e. The third kappa shape index (κ3) is 5.74. The minimum absolute atomic E-state index is 0.119. The van der Waals surface area contributed by atoms with Crippen molar-refractivity contribution in [2.75, 3.05) is 0 Å². The van der Waals surface area contributed by atoms with Gasteiger partial charge in [-0.25, -0.2) is 0 Å². The van der Waals surface area contributed by atoms with E-state index < -0.39 is 0 Å². The zero-order chi connectivity index (χ0) is 41.7. The maximum atomic E-state index is 2.46. The summed E-state index contributed by atoms with van der Waals surface area (Å²) >= 11 is 0. The molecule has 0 unspecified atom stereocenters. The zero-order valence-electron chi connectivity index (χ0n) is 35.6. The second kappa shape index (κ2) is 13.6. The normalized spacial score (nSPS) is 14.1. The molecule has 2 aliphatic rings. The SMILES string of the molecule is CC1(C)c2cc(-c3ccc(-c4ccccc4)cc3)ccc2-c2ccc(-c3ccc4c(c3)C(C)(C)c3cc(-c5ccc6cc(-c7ccc8ccccc8c7)ccc6c5)ccc3-4)cc21. The van der Waals surface area contributed by atoms with Crippen molar-refractivity contribution < 1.29 is 0 Å². The van der Waals surface area contributed by atoms with Crippen molar-refractivity contribution in [3.63, 3.8) is 0 Å². The van der Waals surface area contributed by atoms with Gasteiger partial charge in [0.1, 0.15) is 0 Å². The highest BCUT2D eigenvalue weighted by molar-refractivity contribution is 5.94. The molecule has 0 atom stereocenters. The van der Waals surface area contributed by atoms with E-state index in [1.54, 1.807) is 0 Å². The smallest absolute Gasteiger partial charge is 0.0159 e. The number of rotatable bonds is 5. The molecule has 0 spiro atoms. The van der Waals surface area contributed by atoms with E-state index in [1.165, 1.54) is 122 Å². The van der Waals surface area contributed by atoms with Gasteiger partial charge in [0.15, 0.2) is 0 Å². The number of benzene rings is 10. The van der Waals surface area contributed by atoms with Crippen LogP contribution in [-0.4, -0.2) is 0 Å². The van der Waals surface area contributed by atoms with Crippen LogP contribution in [0.4, 0.5) is 0 Å². The lowest BCUT2D eigenvalue weighted by atomic mass is 9.79. The average Bonchev–Trinajstić information content (AvgIpc) is 3.69. The number of hydrogen-bond acceptors (Lipinski definition) is 0. The van der Waals surface area contributed by atoms with Crippen molar-refractivity contribution >= 4 is 21.5 Å². The fourth-order valence-corrected chi connectivity index (χ4v) is 10.7. The lowest BCUT2D eigenvalue weighted by molar-refractivity contribution is 0.660. The molecule has 12 rings (SSSR count). The van der Waals surface area contributed by atoms with Crippen LogP contribution in [0.1, 0.15) is 49.9 Å². The summed E-state index contributed by atoms with van der Waals surface area (Å²) in [5.41, 5.74) is 23.3. The Labute approximate surface area is 364 Å². The highest BCUT2D eigenvalue weighted by Crippen LogP contribution is 2.53. The van der Waals surface area contributed by atoms with E-state index in [2.05, 4.69) is 234 Å². The van der Waals surface area contributed by atoms with Gasteiger partial charge in [0.2, 0.25) is 0 Å². The predicted molar refractivity (Wildman–Crippen MR) is 264 cm³/mol. The minimum atomic E-state index is -0.135. The Morgan fingerprint density at radius 1 is 0.210 bits per heavy atom. The molecule has 0 amide bonds. The van der Waals surface area contributed by atoms with Crippen LogP contribution in [0.3, 0.4) is 0 Å². The molecule has 0 heteroatoms. The van der Waals surface area contributed by atoms with E-state index in [0.29, 0.717) is 0 Å². The molecule has 0 radical (unpaired) electrons. The summed E-state index contributed by atoms with van der Waals surface area (Å²) in [6.07, 6.45) is 0. The van der Waals surface area contributed by atoms with Gasteiger partial charge in [0.25, 0.3) is 0 Å². The molecule has 62 heavy (non-hydrogen) atoms. The summed E-state index contributed by atoms with van der Waals surface area (Å²) in [5.74, 6) is 0. The van der Waals surface area contributed by atoms with Crippen LogP contribution in [0.2, 0.25) is 0 Å². The summed E-state index contributed by atoms with van der Waals surface area (Å²) in [6.45, 7) is 9.58. The van der Waals surface area contributed by atoms with Crippen LogP contribution >= 0.6 is 0 Å². The molecule has 10 aromatic rings. The first-order chi connectivity index (χ1) is 30.2. The molecule has 0 fully saturated rings. The van der Waals surface area contributed by atoms with Gasteiger partial charge in [-0.2, -0.15) is 0 Å². The Morgan fingerprint density at radius 3 is 0.887 bits per heavy atom. The quantitative estimate of drug-likeness (QED) is 0.163. The van der Waals surface area contributed by atoms with Gasteiger partial charge in [-0.05, 0) is 164 Å². The summed E-state index contributed by atoms with van der Waals surface area (Å²) in [4.78, 5) is 0. The van der Waals surface area contributed by atoms with Gasteiger partial charge < -0.3 is 0 Å². The molecule has 0 aromatic heterocycles. The second-order valence-corrected chi connectivity index (χ2v) is 18.6. The average molecular weight is 791 g/mol. The molecule has 0 bridgehead atoms. The predicted octanol–water partition coefficient (Wildman–Crippen LogP) is 16.9. The van der Waals surface area contributed by atoms with Crippen LogP contribution in [0.25, 0.3) is 99.4 Å². The van der Waals surface area contributed by atoms with E-state index >= 15 is 0 Å². The first-order valence-electron chi connectivity index (χ1n) is 22.0. The lowest BCUT2D eigenvalue weighted by Gasteiger charge is -2.24. The molecule has 294 valence electrons. The molecule has 10 aromatic carbocycles. The third-order valence-corrected chi connectivity index (χ3v) is 14.3. The second-order valence-electron chi connectivity index (χ2n) is 18.6. The lowest BCUT2D eigenvalue weighted by Crippen LogP contribution is -2.15. The van der Waals surface area contributed by atoms with E-state index in [1.807, 2.05) is 0 Å². The van der Waals surface area contributed by atoms with Crippen molar-refractivity contribution in [3.8, 4) is 77.9 Å². The molecular formula is C62H46. The Hall–Kier alpha value is -7.28. The molecule has 0 saturated carbocycles. The van der Waals surface area contributed by atoms with Crippen LogP contribution in [0.15, 0.2) is 206 Å². The number of hydrogen-bond donors (Lipinski definition) is 0. The van der Waals surface area contributed by atoms with Gasteiger partial charge in [-0.15, -0.1) is 0 Å². The van der Waals surface area contributed by atoms with E-state index in [4.69, 9.17) is 0 Å². The first-order valence-corrected chi connectivity index (χ1v) is 22.0. The Bertz CT molecular complexity index is 3430. The Morgan fingerprint density at radius 2 is 0.468 bits per heavy atom. The monoisotopic (exact) mass is 790 g/mol. The molecular weight excluding hydrogens is 745 g/mol. The maximum absolute atomic E-state index is 2.46. The summed E-state index contributed by atoms with van der Waals surface area (Å²) in [7, 11) is 0. The van der Waals surface area contributed by atoms with Gasteiger partial charge in [0, 0.05) is 10.8 Å². The van der Waals surface area contributed by atoms with Crippen molar-refractivity contribution in [1.82, 2.24) is 0 Å². The molecule has 2 aliphatic carbocycles. The summed E-state index contributed by atoms with van der Waals surface area (Å²) < 4.78 is 0. The fraction of sp³-hybridized carbons (Fsp3) is 0.0968. The molecule has 0 N–H and O–H groups in total. The molecule has 0 heterocycles. The van der Waals surface area contributed by atoms with Gasteiger partial charge >= 0.3 is 0 Å². The van der Waals surface area contributed by atoms with Crippen LogP contribution in [0, 0.1) is 0 Å². The Balaban J connectivity index is 0.824. The van der Waals surface area contributed by atoms with E-state index in [9.17, 15) is 0 Å². The Kier molecular flexibility index (Phi) is 8.03. The highest BCUT2D eigenvalue weighted by Gasteiger charge is 2.38. The van der Waals surface area contributed by atoms with Crippen molar-refractivity contribution in [1.29, 1.82) is 0 Å². The van der Waals surface area contributed by atoms with Crippen LogP contribution in [-0.2, 0) is 10.8 Å².